The zero-order chi connectivity index (χ0) is 17.8. The zero-order valence-electron chi connectivity index (χ0n) is 14.0. The van der Waals surface area contributed by atoms with Crippen molar-refractivity contribution in [2.45, 2.75) is 38.3 Å². The number of nitrogens with one attached hydrogen (secondary N) is 1. The Balaban J connectivity index is 1.69. The van der Waals surface area contributed by atoms with Gasteiger partial charge >= 0.3 is 0 Å². The molecule has 3 rings (SSSR count). The number of fused-ring (bicyclic) bond motifs is 1. The van der Waals surface area contributed by atoms with E-state index in [0.717, 1.165) is 24.0 Å². The highest BCUT2D eigenvalue weighted by molar-refractivity contribution is 6.05. The lowest BCUT2D eigenvalue weighted by Crippen LogP contribution is -2.52. The Morgan fingerprint density at radius 3 is 2.84 bits per heavy atom. The van der Waals surface area contributed by atoms with Crippen molar-refractivity contribution in [1.29, 1.82) is 0 Å². The molecule has 1 saturated heterocycles. The van der Waals surface area contributed by atoms with E-state index < -0.39 is 11.9 Å². The van der Waals surface area contributed by atoms with Crippen molar-refractivity contribution >= 4 is 17.7 Å². The van der Waals surface area contributed by atoms with E-state index in [1.54, 1.807) is 11.0 Å². The molecule has 0 radical (unpaired) electrons. The minimum absolute atomic E-state index is 0.0101. The van der Waals surface area contributed by atoms with Crippen molar-refractivity contribution < 1.29 is 24.2 Å². The molecular formula is C18H22N2O5. The first-order valence-electron chi connectivity index (χ1n) is 8.56. The van der Waals surface area contributed by atoms with Crippen molar-refractivity contribution in [2.24, 2.45) is 0 Å². The van der Waals surface area contributed by atoms with Crippen LogP contribution in [0.25, 0.3) is 0 Å². The molecule has 0 bridgehead atoms. The van der Waals surface area contributed by atoms with Crippen LogP contribution in [0.2, 0.25) is 0 Å². The van der Waals surface area contributed by atoms with E-state index in [0.29, 0.717) is 31.7 Å². The topological polar surface area (TPSA) is 95.9 Å². The van der Waals surface area contributed by atoms with Crippen LogP contribution in [0.5, 0.6) is 0 Å². The average Bonchev–Trinajstić information content (AvgIpc) is 2.92. The SMILES string of the molecule is O=C1CCC(N2Cc3c(CCCOCCO)cccc3C2=O)C(=O)N1. The summed E-state index contributed by atoms with van der Waals surface area (Å²) in [4.78, 5) is 37.7. The number of ether oxygens (including phenoxy) is 1. The van der Waals surface area contributed by atoms with Crippen LogP contribution >= 0.6 is 0 Å². The molecule has 2 N–H and O–H groups in total. The standard InChI is InChI=1S/C18H22N2O5/c21-8-10-25-9-2-4-12-3-1-5-13-14(12)11-20(18(13)24)15-6-7-16(22)19-17(15)23/h1,3,5,15,21H,2,4,6-11H2,(H,19,22,23). The Morgan fingerprint density at radius 1 is 1.24 bits per heavy atom. The third kappa shape index (κ3) is 3.72. The quantitative estimate of drug-likeness (QED) is 0.550. The third-order valence-electron chi connectivity index (χ3n) is 4.65. The van der Waals surface area contributed by atoms with Crippen LogP contribution in [-0.4, -0.2) is 53.6 Å². The maximum atomic E-state index is 12.7. The maximum Gasteiger partial charge on any atom is 0.255 e. The van der Waals surface area contributed by atoms with Gasteiger partial charge in [0.15, 0.2) is 0 Å². The van der Waals surface area contributed by atoms with Crippen LogP contribution in [0, 0.1) is 0 Å². The van der Waals surface area contributed by atoms with Crippen LogP contribution in [-0.2, 0) is 27.3 Å². The van der Waals surface area contributed by atoms with Crippen LogP contribution in [0.15, 0.2) is 18.2 Å². The van der Waals surface area contributed by atoms with Gasteiger partial charge in [0.2, 0.25) is 11.8 Å². The van der Waals surface area contributed by atoms with E-state index in [4.69, 9.17) is 9.84 Å². The van der Waals surface area contributed by atoms with Crippen LogP contribution < -0.4 is 5.32 Å². The molecule has 7 nitrogen and oxygen atoms in total. The monoisotopic (exact) mass is 346 g/mol. The van der Waals surface area contributed by atoms with Crippen molar-refractivity contribution in [3.8, 4) is 0 Å². The first-order chi connectivity index (χ1) is 12.1. The van der Waals surface area contributed by atoms with Gasteiger partial charge in [-0.3, -0.25) is 19.7 Å². The Kier molecular flexibility index (Phi) is 5.45. The Bertz CT molecular complexity index is 688. The number of carbonyl (C=O) groups excluding carboxylic acids is 3. The van der Waals surface area contributed by atoms with E-state index in [-0.39, 0.29) is 24.8 Å². The minimum atomic E-state index is -0.585. The number of aliphatic hydroxyl groups excluding tert-OH is 1. The van der Waals surface area contributed by atoms with Gasteiger partial charge in [-0.25, -0.2) is 0 Å². The van der Waals surface area contributed by atoms with E-state index in [1.165, 1.54) is 0 Å². The molecule has 2 aliphatic rings. The molecule has 0 aliphatic carbocycles. The number of nitrogens with zero attached hydrogens (tertiary/aromatic N) is 1. The second-order valence-corrected chi connectivity index (χ2v) is 6.28. The lowest BCUT2D eigenvalue weighted by Gasteiger charge is -2.29. The summed E-state index contributed by atoms with van der Waals surface area (Å²) in [5, 5.41) is 11.0. The predicted molar refractivity (Wildman–Crippen MR) is 88.7 cm³/mol. The summed E-state index contributed by atoms with van der Waals surface area (Å²) in [7, 11) is 0. The molecule has 1 aromatic rings. The van der Waals surface area contributed by atoms with Gasteiger partial charge in [0.1, 0.15) is 6.04 Å². The Hall–Kier alpha value is -2.25. The number of amides is 3. The molecule has 0 saturated carbocycles. The van der Waals surface area contributed by atoms with Gasteiger partial charge < -0.3 is 14.7 Å². The fourth-order valence-electron chi connectivity index (χ4n) is 3.42. The van der Waals surface area contributed by atoms with Gasteiger partial charge in [0, 0.05) is 25.1 Å². The molecule has 2 heterocycles. The molecule has 1 atom stereocenters. The molecule has 0 spiro atoms. The normalized spacial score (nSPS) is 20.0. The minimum Gasteiger partial charge on any atom is -0.394 e. The van der Waals surface area contributed by atoms with Gasteiger partial charge in [-0.2, -0.15) is 0 Å². The van der Waals surface area contributed by atoms with E-state index >= 15 is 0 Å². The van der Waals surface area contributed by atoms with E-state index in [1.807, 2.05) is 12.1 Å². The largest absolute Gasteiger partial charge is 0.394 e. The maximum absolute atomic E-state index is 12.7. The number of hydrogen-bond donors (Lipinski definition) is 2. The highest BCUT2D eigenvalue weighted by Crippen LogP contribution is 2.30. The number of aryl methyl sites for hydroxylation is 1. The number of piperidine rings is 1. The van der Waals surface area contributed by atoms with Gasteiger partial charge in [0.05, 0.1) is 13.2 Å². The van der Waals surface area contributed by atoms with Crippen molar-refractivity contribution in [3.63, 3.8) is 0 Å². The number of benzene rings is 1. The van der Waals surface area contributed by atoms with Gasteiger partial charge in [-0.15, -0.1) is 0 Å². The highest BCUT2D eigenvalue weighted by atomic mass is 16.5. The van der Waals surface area contributed by atoms with Crippen molar-refractivity contribution in [2.75, 3.05) is 19.8 Å². The smallest absolute Gasteiger partial charge is 0.255 e. The third-order valence-corrected chi connectivity index (χ3v) is 4.65. The van der Waals surface area contributed by atoms with Crippen LogP contribution in [0.1, 0.15) is 40.7 Å². The second-order valence-electron chi connectivity index (χ2n) is 6.28. The van der Waals surface area contributed by atoms with Crippen LogP contribution in [0.3, 0.4) is 0 Å². The Labute approximate surface area is 146 Å². The number of rotatable bonds is 7. The van der Waals surface area contributed by atoms with Gasteiger partial charge in [-0.1, -0.05) is 12.1 Å². The fraction of sp³-hybridized carbons (Fsp3) is 0.500. The highest BCUT2D eigenvalue weighted by Gasteiger charge is 2.39. The molecule has 7 heteroatoms. The van der Waals surface area contributed by atoms with Gasteiger partial charge in [-0.05, 0) is 36.5 Å². The molecule has 134 valence electrons. The molecule has 1 fully saturated rings. The predicted octanol–water partition coefficient (Wildman–Crippen LogP) is 0.389. The lowest BCUT2D eigenvalue weighted by molar-refractivity contribution is -0.136. The number of hydrogen-bond acceptors (Lipinski definition) is 5. The van der Waals surface area contributed by atoms with Crippen LogP contribution in [0.4, 0.5) is 0 Å². The van der Waals surface area contributed by atoms with E-state index in [9.17, 15) is 14.4 Å². The molecule has 1 aromatic carbocycles. The average molecular weight is 346 g/mol. The number of aliphatic hydroxyl groups is 1. The summed E-state index contributed by atoms with van der Waals surface area (Å²) in [6, 6.07) is 5.05. The number of carbonyl (C=O) groups is 3. The molecule has 25 heavy (non-hydrogen) atoms. The summed E-state index contributed by atoms with van der Waals surface area (Å²) in [5.74, 6) is -0.826. The van der Waals surface area contributed by atoms with E-state index in [2.05, 4.69) is 5.32 Å². The summed E-state index contributed by atoms with van der Waals surface area (Å²) < 4.78 is 5.27. The summed E-state index contributed by atoms with van der Waals surface area (Å²) in [6.45, 7) is 1.29. The molecular weight excluding hydrogens is 324 g/mol. The first-order valence-corrected chi connectivity index (χ1v) is 8.56. The summed E-state index contributed by atoms with van der Waals surface area (Å²) >= 11 is 0. The first kappa shape index (κ1) is 17.6. The summed E-state index contributed by atoms with van der Waals surface area (Å²) in [5.41, 5.74) is 2.67. The van der Waals surface area contributed by atoms with Crippen molar-refractivity contribution in [1.82, 2.24) is 10.2 Å². The van der Waals surface area contributed by atoms with Crippen molar-refractivity contribution in [3.05, 3.63) is 34.9 Å². The number of imide groups is 1. The Morgan fingerprint density at radius 2 is 2.08 bits per heavy atom. The summed E-state index contributed by atoms with van der Waals surface area (Å²) in [6.07, 6.45) is 2.19. The second kappa shape index (κ2) is 7.76. The molecule has 2 aliphatic heterocycles. The van der Waals surface area contributed by atoms with Gasteiger partial charge in [0.25, 0.3) is 5.91 Å². The lowest BCUT2D eigenvalue weighted by atomic mass is 10.00. The fourth-order valence-corrected chi connectivity index (χ4v) is 3.42. The zero-order valence-corrected chi connectivity index (χ0v) is 14.0. The molecule has 1 unspecified atom stereocenters. The molecule has 0 aromatic heterocycles. The molecule has 3 amide bonds.